The van der Waals surface area contributed by atoms with Crippen LogP contribution in [0.1, 0.15) is 39.7 Å². The lowest BCUT2D eigenvalue weighted by atomic mass is 10.1. The van der Waals surface area contributed by atoms with Gasteiger partial charge in [-0.05, 0) is 54.3 Å². The van der Waals surface area contributed by atoms with Gasteiger partial charge in [0, 0.05) is 17.3 Å². The summed E-state index contributed by atoms with van der Waals surface area (Å²) >= 11 is 0. The Balaban J connectivity index is 1.39. The molecule has 0 atom stereocenters. The molecule has 0 radical (unpaired) electrons. The standard InChI is InChI=1S/C27H27N3O2/c1-3-21-12-14-25(15-13-21)32-19-23-10-7-11-24(17-23)27(31)28-26-16-20(2)30(29-26)18-22-8-5-4-6-9-22/h4-17H,3,18-19H2,1-2H3,(H,28,29,31). The van der Waals surface area contributed by atoms with Crippen LogP contribution < -0.4 is 10.1 Å². The van der Waals surface area contributed by atoms with Gasteiger partial charge in [-0.1, -0.05) is 61.5 Å². The lowest BCUT2D eigenvalue weighted by Crippen LogP contribution is -2.13. The van der Waals surface area contributed by atoms with Crippen LogP contribution in [0.3, 0.4) is 0 Å². The van der Waals surface area contributed by atoms with Gasteiger partial charge in [-0.2, -0.15) is 5.10 Å². The maximum Gasteiger partial charge on any atom is 0.256 e. The number of aromatic nitrogens is 2. The number of nitrogens with zero attached hydrogens (tertiary/aromatic N) is 2. The van der Waals surface area contributed by atoms with Crippen molar-refractivity contribution < 1.29 is 9.53 Å². The van der Waals surface area contributed by atoms with Crippen LogP contribution in [0.15, 0.2) is 84.9 Å². The van der Waals surface area contributed by atoms with E-state index in [9.17, 15) is 4.79 Å². The van der Waals surface area contributed by atoms with Gasteiger partial charge in [0.05, 0.1) is 6.54 Å². The number of rotatable bonds is 8. The van der Waals surface area contributed by atoms with Gasteiger partial charge >= 0.3 is 0 Å². The molecule has 1 N–H and O–H groups in total. The highest BCUT2D eigenvalue weighted by atomic mass is 16.5. The molecule has 32 heavy (non-hydrogen) atoms. The molecule has 5 heteroatoms. The molecule has 0 spiro atoms. The van der Waals surface area contributed by atoms with E-state index in [1.807, 2.05) is 66.2 Å². The van der Waals surface area contributed by atoms with E-state index < -0.39 is 0 Å². The zero-order valence-electron chi connectivity index (χ0n) is 18.4. The van der Waals surface area contributed by atoms with Crippen molar-refractivity contribution in [2.75, 3.05) is 5.32 Å². The third kappa shape index (κ3) is 5.43. The van der Waals surface area contributed by atoms with Gasteiger partial charge in [0.1, 0.15) is 12.4 Å². The van der Waals surface area contributed by atoms with E-state index in [0.717, 1.165) is 29.0 Å². The van der Waals surface area contributed by atoms with E-state index in [-0.39, 0.29) is 5.91 Å². The Hall–Kier alpha value is -3.86. The number of amides is 1. The first-order valence-corrected chi connectivity index (χ1v) is 10.8. The fraction of sp³-hybridized carbons (Fsp3) is 0.185. The summed E-state index contributed by atoms with van der Waals surface area (Å²) in [6.07, 6.45) is 1.00. The largest absolute Gasteiger partial charge is 0.489 e. The Morgan fingerprint density at radius 2 is 1.66 bits per heavy atom. The molecule has 0 fully saturated rings. The molecule has 5 nitrogen and oxygen atoms in total. The molecule has 1 aromatic heterocycles. The van der Waals surface area contributed by atoms with Crippen LogP contribution in [0.4, 0.5) is 5.82 Å². The van der Waals surface area contributed by atoms with Gasteiger partial charge in [-0.15, -0.1) is 0 Å². The average Bonchev–Trinajstić information content (AvgIpc) is 3.17. The normalized spacial score (nSPS) is 10.7. The molecular weight excluding hydrogens is 398 g/mol. The maximum atomic E-state index is 12.8. The highest BCUT2D eigenvalue weighted by Gasteiger charge is 2.11. The molecule has 0 aliphatic heterocycles. The van der Waals surface area contributed by atoms with E-state index in [1.165, 1.54) is 5.56 Å². The molecule has 0 saturated heterocycles. The quantitative estimate of drug-likeness (QED) is 0.398. The van der Waals surface area contributed by atoms with Gasteiger partial charge in [-0.3, -0.25) is 9.48 Å². The van der Waals surface area contributed by atoms with Gasteiger partial charge in [0.25, 0.3) is 5.91 Å². The van der Waals surface area contributed by atoms with Crippen molar-refractivity contribution in [2.24, 2.45) is 0 Å². The highest BCUT2D eigenvalue weighted by Crippen LogP contribution is 2.17. The molecule has 162 valence electrons. The second-order valence-electron chi connectivity index (χ2n) is 7.75. The fourth-order valence-electron chi connectivity index (χ4n) is 3.47. The first-order valence-electron chi connectivity index (χ1n) is 10.8. The van der Waals surface area contributed by atoms with Crippen molar-refractivity contribution in [3.05, 3.63) is 113 Å². The number of benzene rings is 3. The number of nitrogens with one attached hydrogen (secondary N) is 1. The molecule has 3 aromatic carbocycles. The van der Waals surface area contributed by atoms with Crippen molar-refractivity contribution >= 4 is 11.7 Å². The Morgan fingerprint density at radius 1 is 0.906 bits per heavy atom. The Kier molecular flexibility index (Phi) is 6.66. The lowest BCUT2D eigenvalue weighted by Gasteiger charge is -2.09. The Bertz CT molecular complexity index is 1180. The van der Waals surface area contributed by atoms with Crippen LogP contribution in [0.25, 0.3) is 0 Å². The molecular formula is C27H27N3O2. The van der Waals surface area contributed by atoms with Crippen molar-refractivity contribution in [1.82, 2.24) is 9.78 Å². The minimum absolute atomic E-state index is 0.191. The average molecular weight is 426 g/mol. The minimum Gasteiger partial charge on any atom is -0.489 e. The van der Waals surface area contributed by atoms with E-state index >= 15 is 0 Å². The summed E-state index contributed by atoms with van der Waals surface area (Å²) < 4.78 is 7.76. The third-order valence-corrected chi connectivity index (χ3v) is 5.32. The minimum atomic E-state index is -0.191. The summed E-state index contributed by atoms with van der Waals surface area (Å²) in [5.41, 5.74) is 4.93. The molecule has 0 saturated carbocycles. The number of anilines is 1. The second-order valence-corrected chi connectivity index (χ2v) is 7.75. The summed E-state index contributed by atoms with van der Waals surface area (Å²) in [6, 6.07) is 27.6. The SMILES string of the molecule is CCc1ccc(OCc2cccc(C(=O)Nc3cc(C)n(Cc4ccccc4)n3)c2)cc1. The number of aryl methyl sites for hydroxylation is 2. The molecule has 0 aliphatic rings. The molecule has 1 amide bonds. The van der Waals surface area contributed by atoms with Crippen LogP contribution in [0, 0.1) is 6.92 Å². The number of hydrogen-bond acceptors (Lipinski definition) is 3. The van der Waals surface area contributed by atoms with E-state index in [0.29, 0.717) is 24.5 Å². The molecule has 0 aliphatic carbocycles. The molecule has 0 bridgehead atoms. The Labute approximate surface area is 188 Å². The second kappa shape index (κ2) is 9.96. The summed E-state index contributed by atoms with van der Waals surface area (Å²) in [6.45, 7) is 5.17. The molecule has 0 unspecified atom stereocenters. The van der Waals surface area contributed by atoms with E-state index in [4.69, 9.17) is 4.74 Å². The molecule has 1 heterocycles. The number of carbonyl (C=O) groups is 1. The van der Waals surface area contributed by atoms with Crippen molar-refractivity contribution in [3.8, 4) is 5.75 Å². The molecule has 4 aromatic rings. The third-order valence-electron chi connectivity index (χ3n) is 5.32. The van der Waals surface area contributed by atoms with Gasteiger partial charge < -0.3 is 10.1 Å². The van der Waals surface area contributed by atoms with Gasteiger partial charge in [-0.25, -0.2) is 0 Å². The predicted octanol–water partition coefficient (Wildman–Crippen LogP) is 5.63. The zero-order chi connectivity index (χ0) is 22.3. The topological polar surface area (TPSA) is 56.1 Å². The van der Waals surface area contributed by atoms with Gasteiger partial charge in [0.15, 0.2) is 5.82 Å². The Morgan fingerprint density at radius 3 is 2.41 bits per heavy atom. The number of hydrogen-bond donors (Lipinski definition) is 1. The van der Waals surface area contributed by atoms with Crippen LogP contribution in [-0.4, -0.2) is 15.7 Å². The summed E-state index contributed by atoms with van der Waals surface area (Å²) in [4.78, 5) is 12.8. The summed E-state index contributed by atoms with van der Waals surface area (Å²) in [5.74, 6) is 1.17. The van der Waals surface area contributed by atoms with Crippen LogP contribution >= 0.6 is 0 Å². The van der Waals surface area contributed by atoms with Crippen LogP contribution in [-0.2, 0) is 19.6 Å². The first-order chi connectivity index (χ1) is 15.6. The van der Waals surface area contributed by atoms with Crippen molar-refractivity contribution in [2.45, 2.75) is 33.4 Å². The first kappa shape index (κ1) is 21.4. The van der Waals surface area contributed by atoms with Crippen LogP contribution in [0.5, 0.6) is 5.75 Å². The smallest absolute Gasteiger partial charge is 0.256 e. The van der Waals surface area contributed by atoms with E-state index in [1.54, 1.807) is 6.07 Å². The highest BCUT2D eigenvalue weighted by molar-refractivity contribution is 6.03. The van der Waals surface area contributed by atoms with Crippen LogP contribution in [0.2, 0.25) is 0 Å². The van der Waals surface area contributed by atoms with Gasteiger partial charge in [0.2, 0.25) is 0 Å². The number of carbonyl (C=O) groups excluding carboxylic acids is 1. The fourth-order valence-corrected chi connectivity index (χ4v) is 3.47. The molecule has 4 rings (SSSR count). The van der Waals surface area contributed by atoms with E-state index in [2.05, 4.69) is 41.6 Å². The van der Waals surface area contributed by atoms with Crippen molar-refractivity contribution in [1.29, 1.82) is 0 Å². The van der Waals surface area contributed by atoms with Crippen molar-refractivity contribution in [3.63, 3.8) is 0 Å². The predicted molar refractivity (Wildman–Crippen MR) is 127 cm³/mol. The zero-order valence-corrected chi connectivity index (χ0v) is 18.4. The summed E-state index contributed by atoms with van der Waals surface area (Å²) in [7, 11) is 0. The number of ether oxygens (including phenoxy) is 1. The lowest BCUT2D eigenvalue weighted by molar-refractivity contribution is 0.102. The maximum absolute atomic E-state index is 12.8. The summed E-state index contributed by atoms with van der Waals surface area (Å²) in [5, 5.41) is 7.45. The monoisotopic (exact) mass is 425 g/mol.